The van der Waals surface area contributed by atoms with Crippen LogP contribution in [0.5, 0.6) is 11.5 Å². The SMILES string of the molecule is CS(=O)(=O)c1ccc(-c2cc3nccc(Oc4cn(C5CC5)nc4C4CCOCC4)c3s2)cc1. The molecule has 0 bridgehead atoms. The van der Waals surface area contributed by atoms with Gasteiger partial charge in [-0.15, -0.1) is 11.3 Å². The Balaban J connectivity index is 1.35. The quantitative estimate of drug-likeness (QED) is 0.347. The molecule has 1 aromatic carbocycles. The average Bonchev–Trinajstić information content (AvgIpc) is 3.45. The standard InChI is InChI=1S/C25H25N3O4S2/c1-34(29,30)19-6-2-16(3-7-19)23-14-20-25(33-23)21(8-11-26-20)32-22-15-28(18-4-5-18)27-24(22)17-9-12-31-13-10-17/h2-3,6-8,11,14-15,17-18H,4-5,9-10,12-13H2,1H3. The molecule has 2 aliphatic rings. The second-order valence-corrected chi connectivity index (χ2v) is 12.1. The van der Waals surface area contributed by atoms with Crippen molar-refractivity contribution in [3.63, 3.8) is 0 Å². The highest BCUT2D eigenvalue weighted by Crippen LogP contribution is 2.43. The third-order valence-corrected chi connectivity index (χ3v) is 8.73. The number of sulfone groups is 1. The van der Waals surface area contributed by atoms with Crippen LogP contribution in [0.1, 0.15) is 43.3 Å². The Morgan fingerprint density at radius 3 is 2.53 bits per heavy atom. The lowest BCUT2D eigenvalue weighted by atomic mass is 9.96. The molecule has 0 unspecified atom stereocenters. The fourth-order valence-corrected chi connectivity index (χ4v) is 6.07. The van der Waals surface area contributed by atoms with Gasteiger partial charge < -0.3 is 9.47 Å². The summed E-state index contributed by atoms with van der Waals surface area (Å²) in [7, 11) is -3.23. The number of hydrogen-bond acceptors (Lipinski definition) is 7. The van der Waals surface area contributed by atoms with E-state index in [9.17, 15) is 8.42 Å². The van der Waals surface area contributed by atoms with Crippen LogP contribution < -0.4 is 4.74 Å². The van der Waals surface area contributed by atoms with E-state index in [4.69, 9.17) is 14.6 Å². The van der Waals surface area contributed by atoms with Crippen LogP contribution in [-0.4, -0.2) is 42.7 Å². The summed E-state index contributed by atoms with van der Waals surface area (Å²) in [5.41, 5.74) is 2.82. The van der Waals surface area contributed by atoms with E-state index in [1.165, 1.54) is 19.1 Å². The predicted molar refractivity (Wildman–Crippen MR) is 132 cm³/mol. The van der Waals surface area contributed by atoms with Crippen molar-refractivity contribution in [2.45, 2.75) is 42.5 Å². The van der Waals surface area contributed by atoms with E-state index < -0.39 is 9.84 Å². The molecule has 1 saturated carbocycles. The molecule has 4 aromatic rings. The first-order valence-electron chi connectivity index (χ1n) is 11.5. The molecular weight excluding hydrogens is 470 g/mol. The summed E-state index contributed by atoms with van der Waals surface area (Å²) in [6.07, 6.45) is 9.27. The molecule has 0 amide bonds. The lowest BCUT2D eigenvalue weighted by molar-refractivity contribution is 0.0839. The Labute approximate surface area is 202 Å². The van der Waals surface area contributed by atoms with Crippen LogP contribution in [-0.2, 0) is 14.6 Å². The molecule has 1 aliphatic heterocycles. The summed E-state index contributed by atoms with van der Waals surface area (Å²) in [5, 5.41) is 4.93. The second kappa shape index (κ2) is 8.48. The zero-order valence-corrected chi connectivity index (χ0v) is 20.4. The molecule has 9 heteroatoms. The third-order valence-electron chi connectivity index (χ3n) is 6.42. The number of rotatable bonds is 6. The summed E-state index contributed by atoms with van der Waals surface area (Å²) < 4.78 is 38.7. The van der Waals surface area contributed by atoms with Crippen LogP contribution in [0.15, 0.2) is 53.7 Å². The van der Waals surface area contributed by atoms with Crippen molar-refractivity contribution in [2.75, 3.05) is 19.5 Å². The van der Waals surface area contributed by atoms with Gasteiger partial charge in [0.15, 0.2) is 15.6 Å². The number of pyridine rings is 1. The molecule has 1 aliphatic carbocycles. The Bertz CT molecular complexity index is 1450. The number of thiophene rings is 1. The third kappa shape index (κ3) is 4.23. The van der Waals surface area contributed by atoms with Crippen LogP contribution in [0.25, 0.3) is 20.7 Å². The van der Waals surface area contributed by atoms with Crippen molar-refractivity contribution >= 4 is 31.4 Å². The molecule has 0 spiro atoms. The van der Waals surface area contributed by atoms with E-state index in [2.05, 4.69) is 9.67 Å². The Kier molecular flexibility index (Phi) is 5.43. The maximum Gasteiger partial charge on any atom is 0.175 e. The normalized spacial score (nSPS) is 17.3. The molecule has 0 atom stereocenters. The highest BCUT2D eigenvalue weighted by molar-refractivity contribution is 7.90. The molecule has 0 N–H and O–H groups in total. The van der Waals surface area contributed by atoms with E-state index in [1.807, 2.05) is 30.5 Å². The molecule has 3 aromatic heterocycles. The Morgan fingerprint density at radius 2 is 1.82 bits per heavy atom. The lowest BCUT2D eigenvalue weighted by Crippen LogP contribution is -2.15. The second-order valence-electron chi connectivity index (χ2n) is 9.01. The first kappa shape index (κ1) is 21.8. The van der Waals surface area contributed by atoms with E-state index in [0.29, 0.717) is 16.9 Å². The molecule has 7 nitrogen and oxygen atoms in total. The molecule has 176 valence electrons. The summed E-state index contributed by atoms with van der Waals surface area (Å²) in [6.45, 7) is 1.51. The van der Waals surface area contributed by atoms with Gasteiger partial charge in [0.05, 0.1) is 27.4 Å². The van der Waals surface area contributed by atoms with Crippen molar-refractivity contribution in [2.24, 2.45) is 0 Å². The Hall–Kier alpha value is -2.75. The van der Waals surface area contributed by atoms with Gasteiger partial charge in [0, 0.05) is 42.5 Å². The van der Waals surface area contributed by atoms with E-state index in [0.717, 1.165) is 63.9 Å². The van der Waals surface area contributed by atoms with Crippen LogP contribution in [0.2, 0.25) is 0 Å². The largest absolute Gasteiger partial charge is 0.452 e. The average molecular weight is 496 g/mol. The van der Waals surface area contributed by atoms with Gasteiger partial charge >= 0.3 is 0 Å². The van der Waals surface area contributed by atoms with Crippen molar-refractivity contribution in [3.05, 3.63) is 54.5 Å². The van der Waals surface area contributed by atoms with Crippen molar-refractivity contribution in [1.82, 2.24) is 14.8 Å². The van der Waals surface area contributed by atoms with Gasteiger partial charge in [0.2, 0.25) is 0 Å². The van der Waals surface area contributed by atoms with Gasteiger partial charge in [-0.25, -0.2) is 8.42 Å². The summed E-state index contributed by atoms with van der Waals surface area (Å²) in [4.78, 5) is 5.86. The van der Waals surface area contributed by atoms with Gasteiger partial charge in [-0.05, 0) is 49.4 Å². The number of fused-ring (bicyclic) bond motifs is 1. The van der Waals surface area contributed by atoms with Crippen LogP contribution in [0, 0.1) is 0 Å². The number of benzene rings is 1. The smallest absolute Gasteiger partial charge is 0.175 e. The summed E-state index contributed by atoms with van der Waals surface area (Å²) in [5.74, 6) is 1.92. The van der Waals surface area contributed by atoms with E-state index >= 15 is 0 Å². The monoisotopic (exact) mass is 495 g/mol. The highest BCUT2D eigenvalue weighted by Gasteiger charge is 2.30. The fourth-order valence-electron chi connectivity index (χ4n) is 4.37. The van der Waals surface area contributed by atoms with Gasteiger partial charge in [0.25, 0.3) is 0 Å². The molecule has 4 heterocycles. The first-order valence-corrected chi connectivity index (χ1v) is 14.2. The molecular formula is C25H25N3O4S2. The number of ether oxygens (including phenoxy) is 2. The summed E-state index contributed by atoms with van der Waals surface area (Å²) >= 11 is 1.59. The topological polar surface area (TPSA) is 83.3 Å². The minimum absolute atomic E-state index is 0.313. The number of hydrogen-bond donors (Lipinski definition) is 0. The Morgan fingerprint density at radius 1 is 1.06 bits per heavy atom. The molecule has 34 heavy (non-hydrogen) atoms. The maximum absolute atomic E-state index is 11.8. The predicted octanol–water partition coefficient (Wildman–Crippen LogP) is 5.58. The van der Waals surface area contributed by atoms with Crippen LogP contribution in [0.3, 0.4) is 0 Å². The van der Waals surface area contributed by atoms with Crippen LogP contribution in [0.4, 0.5) is 0 Å². The van der Waals surface area contributed by atoms with Gasteiger partial charge in [0.1, 0.15) is 11.4 Å². The van der Waals surface area contributed by atoms with E-state index in [1.54, 1.807) is 29.7 Å². The van der Waals surface area contributed by atoms with Gasteiger partial charge in [-0.2, -0.15) is 5.10 Å². The molecule has 1 saturated heterocycles. The minimum Gasteiger partial charge on any atom is -0.452 e. The summed E-state index contributed by atoms with van der Waals surface area (Å²) in [6, 6.07) is 11.4. The van der Waals surface area contributed by atoms with Crippen molar-refractivity contribution in [3.8, 4) is 21.9 Å². The minimum atomic E-state index is -3.23. The van der Waals surface area contributed by atoms with Gasteiger partial charge in [-0.1, -0.05) is 12.1 Å². The lowest BCUT2D eigenvalue weighted by Gasteiger charge is -2.21. The number of nitrogens with zero attached hydrogens (tertiary/aromatic N) is 3. The van der Waals surface area contributed by atoms with Gasteiger partial charge in [-0.3, -0.25) is 9.67 Å². The first-order chi connectivity index (χ1) is 16.5. The molecule has 6 rings (SSSR count). The fraction of sp³-hybridized carbons (Fsp3) is 0.360. The highest BCUT2D eigenvalue weighted by atomic mass is 32.2. The van der Waals surface area contributed by atoms with E-state index in [-0.39, 0.29) is 0 Å². The van der Waals surface area contributed by atoms with Crippen molar-refractivity contribution in [1.29, 1.82) is 0 Å². The number of aromatic nitrogens is 3. The zero-order valence-electron chi connectivity index (χ0n) is 18.8. The maximum atomic E-state index is 11.8. The molecule has 0 radical (unpaired) electrons. The van der Waals surface area contributed by atoms with Crippen LogP contribution >= 0.6 is 11.3 Å². The zero-order chi connectivity index (χ0) is 23.3. The molecule has 2 fully saturated rings. The van der Waals surface area contributed by atoms with Crippen molar-refractivity contribution < 1.29 is 17.9 Å².